The van der Waals surface area contributed by atoms with Crippen molar-refractivity contribution in [3.05, 3.63) is 234 Å². The highest BCUT2D eigenvalue weighted by Gasteiger charge is 2.31. The number of rotatable bonds is 26. The summed E-state index contributed by atoms with van der Waals surface area (Å²) in [5.41, 5.74) is 16.3. The predicted molar refractivity (Wildman–Crippen MR) is 462 cm³/mol. The van der Waals surface area contributed by atoms with Crippen LogP contribution < -0.4 is 5.32 Å². The first kappa shape index (κ1) is 87.9. The molecular weight excluding hydrogens is 1660 g/mol. The monoisotopic (exact) mass is 1760 g/mol. The molecule has 0 unspecified atom stereocenters. The number of amides is 1. The van der Waals surface area contributed by atoms with Gasteiger partial charge in [-0.05, 0) is 248 Å². The number of benzene rings is 7. The van der Waals surface area contributed by atoms with Crippen molar-refractivity contribution in [3.8, 4) is 11.1 Å². The Hall–Kier alpha value is -9.50. The molecule has 3 saturated carbocycles. The largest absolute Gasteiger partial charge is 0.478 e. The number of carbonyl (C=O) groups is 6. The molecule has 0 saturated heterocycles. The highest BCUT2D eigenvalue weighted by molar-refractivity contribution is 9.11. The van der Waals surface area contributed by atoms with E-state index in [0.29, 0.717) is 77.7 Å². The Labute approximate surface area is 696 Å². The zero-order valence-electron chi connectivity index (χ0n) is 67.1. The number of halogens is 3. The lowest BCUT2D eigenvalue weighted by molar-refractivity contribution is 0.0592. The molecule has 4 heterocycles. The molecule has 7 aromatic carbocycles. The quantitative estimate of drug-likeness (QED) is 0.0222. The summed E-state index contributed by atoms with van der Waals surface area (Å²) in [6.45, 7) is 12.2. The molecule has 0 aliphatic heterocycles. The van der Waals surface area contributed by atoms with Crippen LogP contribution in [0.25, 0.3) is 60.8 Å². The van der Waals surface area contributed by atoms with Gasteiger partial charge in [-0.3, -0.25) is 10.1 Å². The second-order valence-electron chi connectivity index (χ2n) is 29.3. The average Bonchev–Trinajstić information content (AvgIpc) is 1.63. The van der Waals surface area contributed by atoms with Gasteiger partial charge in [0.05, 0.1) is 81.2 Å². The number of alkyl halides is 1. The minimum absolute atomic E-state index is 0.00744. The van der Waals surface area contributed by atoms with Gasteiger partial charge in [0.15, 0.2) is 5.78 Å². The molecule has 0 spiro atoms. The van der Waals surface area contributed by atoms with E-state index in [9.17, 15) is 28.8 Å². The fourth-order valence-electron chi connectivity index (χ4n) is 13.7. The Balaban J connectivity index is 0.000000157. The number of nitrogens with one attached hydrogen (secondary N) is 1. The third-order valence-corrected chi connectivity index (χ3v) is 21.3. The maximum Gasteiger partial charge on any atom is 0.412 e. The van der Waals surface area contributed by atoms with E-state index < -0.39 is 17.7 Å². The number of ketones is 1. The number of aromatic carboxylic acids is 1. The SMILES string of the molecule is COC(=O)c1ccc2c(c1)C=C(Br)C2.COCCBr.COCCn1c(Br)cc2cc(C(=O)OC)ccc21.COCCn1c(C2CC2)cc2cc(C(=O)Cc3cc(-c4ccccc4)ccc3NC(=O)OC(C)(C)C)ccc21.COCCn1c(C2CC2)cc2cc(C(=O)O)ccc21.COCCn1c(C2CC2)cc2cc(C(=O)OC)ccc21. The van der Waals surface area contributed by atoms with Crippen LogP contribution in [-0.4, -0.2) is 160 Å². The minimum Gasteiger partial charge on any atom is -0.478 e. The smallest absolute Gasteiger partial charge is 0.412 e. The minimum atomic E-state index is -0.875. The molecule has 1 amide bonds. The lowest BCUT2D eigenvalue weighted by Crippen LogP contribution is -2.27. The number of carboxylic acid groups (broad SMARTS) is 1. The number of esters is 3. The molecule has 2 N–H and O–H groups in total. The summed E-state index contributed by atoms with van der Waals surface area (Å²) < 4.78 is 56.2. The fraction of sp³-hybridized carbons (Fsp3) is 0.363. The number of nitrogens with zero attached hydrogens (tertiary/aromatic N) is 4. The van der Waals surface area contributed by atoms with Crippen LogP contribution in [-0.2, 0) is 81.7 Å². The number of hydrogen-bond acceptors (Lipinski definition) is 15. The van der Waals surface area contributed by atoms with E-state index in [1.54, 1.807) is 59.8 Å². The number of hydrogen-bond donors (Lipinski definition) is 2. The Bertz CT molecular complexity index is 5250. The number of methoxy groups -OCH3 is 8. The van der Waals surface area contributed by atoms with E-state index >= 15 is 0 Å². The Morgan fingerprint density at radius 3 is 1.29 bits per heavy atom. The maximum atomic E-state index is 13.6. The molecule has 4 aliphatic rings. The van der Waals surface area contributed by atoms with Crippen LogP contribution in [0.1, 0.15) is 163 Å². The van der Waals surface area contributed by atoms with Gasteiger partial charge >= 0.3 is 30.0 Å². The number of anilines is 1. The van der Waals surface area contributed by atoms with E-state index in [-0.39, 0.29) is 30.1 Å². The van der Waals surface area contributed by atoms with Gasteiger partial charge in [0.1, 0.15) is 5.60 Å². The van der Waals surface area contributed by atoms with E-state index in [1.165, 1.54) is 82.5 Å². The first-order valence-electron chi connectivity index (χ1n) is 38.3. The highest BCUT2D eigenvalue weighted by Crippen LogP contribution is 2.45. The topological polar surface area (TPSA) is 237 Å². The van der Waals surface area contributed by atoms with Gasteiger partial charge in [0.2, 0.25) is 0 Å². The molecule has 24 heteroatoms. The van der Waals surface area contributed by atoms with Gasteiger partial charge in [0.25, 0.3) is 0 Å². The van der Waals surface area contributed by atoms with Crippen molar-refractivity contribution >= 4 is 139 Å². The van der Waals surface area contributed by atoms with E-state index in [0.717, 1.165) is 119 Å². The third kappa shape index (κ3) is 23.9. The second kappa shape index (κ2) is 41.9. The van der Waals surface area contributed by atoms with Crippen molar-refractivity contribution in [2.75, 3.05) is 101 Å². The van der Waals surface area contributed by atoms with Gasteiger partial charge in [-0.2, -0.15) is 0 Å². The molecule has 115 heavy (non-hydrogen) atoms. The van der Waals surface area contributed by atoms with Gasteiger partial charge in [-0.15, -0.1) is 0 Å². The van der Waals surface area contributed by atoms with Crippen molar-refractivity contribution in [2.45, 2.75) is 122 Å². The zero-order valence-corrected chi connectivity index (χ0v) is 71.9. The number of Topliss-reactive ketones (excluding diaryl/α,β-unsaturated/α-hetero) is 1. The molecule has 608 valence electrons. The summed E-state index contributed by atoms with van der Waals surface area (Å²) in [5.74, 6) is 0.117. The maximum absolute atomic E-state index is 13.6. The molecular formula is C91H102Br3N5O16. The number of ether oxygens (including phenoxy) is 9. The van der Waals surface area contributed by atoms with Crippen molar-refractivity contribution in [2.24, 2.45) is 0 Å². The second-order valence-corrected chi connectivity index (χ2v) is 31.9. The van der Waals surface area contributed by atoms with Gasteiger partial charge < -0.3 is 66.0 Å². The third-order valence-electron chi connectivity index (χ3n) is 19.8. The van der Waals surface area contributed by atoms with Crippen LogP contribution in [0.4, 0.5) is 10.5 Å². The Morgan fingerprint density at radius 2 is 0.861 bits per heavy atom. The van der Waals surface area contributed by atoms with E-state index in [2.05, 4.69) is 99.0 Å². The van der Waals surface area contributed by atoms with Crippen molar-refractivity contribution in [1.82, 2.24) is 18.3 Å². The van der Waals surface area contributed by atoms with Crippen LogP contribution >= 0.6 is 47.8 Å². The number of carboxylic acids is 1. The van der Waals surface area contributed by atoms with E-state index in [4.69, 9.17) is 38.3 Å². The lowest BCUT2D eigenvalue weighted by Gasteiger charge is -2.20. The molecule has 0 bridgehead atoms. The molecule has 4 aliphatic carbocycles. The standard InChI is InChI=1S/C33H36N2O4.C16H19NO3.C15H17NO3.C13H14BrNO3.C11H9BrO2.C3H7BrO/c1-33(2,3)39-32(37)34-28-14-12-24(22-8-6-5-7-9-22)18-26(28)21-31(36)25-13-15-29-27(19-25)20-30(23-10-11-23)35(29)16-17-38-4;1-19-8-7-17-14-6-5-12(16(18)20-2)9-13(14)10-15(17)11-3-4-11;1-19-7-6-16-13-5-4-11(15(17)18)8-12(13)9-14(16)10-2-3-10;1-17-6-5-15-11-4-3-9(13(16)18-2)7-10(11)8-12(15)14;1-14-11(13)8-3-2-7-5-10(12)6-9(7)4-8;1-5-3-2-4/h5-9,12-15,18-20,23H,10-11,16-17,21H2,1-4H3,(H,34,37);5-6,9-11H,3-4,7-8H2,1-2H3;4-5,8-10H,2-3,6-7H2,1H3,(H,17,18);3-4,7-8H,5-6H2,1-2H3;2-4,6H,5H2,1H3;2-3H2,1H3. The van der Waals surface area contributed by atoms with Crippen LogP contribution in [0.15, 0.2) is 173 Å². The Kier molecular flexibility index (Phi) is 32.0. The molecule has 0 atom stereocenters. The molecule has 3 fully saturated rings. The summed E-state index contributed by atoms with van der Waals surface area (Å²) >= 11 is 10.1. The molecule has 15 rings (SSSR count). The summed E-state index contributed by atoms with van der Waals surface area (Å²) in [7, 11) is 12.7. The summed E-state index contributed by atoms with van der Waals surface area (Å²) in [6, 6.07) is 52.5. The average molecular weight is 1760 g/mol. The van der Waals surface area contributed by atoms with Crippen molar-refractivity contribution in [3.63, 3.8) is 0 Å². The number of fused-ring (bicyclic) bond motifs is 5. The van der Waals surface area contributed by atoms with Crippen molar-refractivity contribution < 1.29 is 76.5 Å². The molecule has 4 aromatic heterocycles. The first-order chi connectivity index (χ1) is 55.4. The summed E-state index contributed by atoms with van der Waals surface area (Å²) in [4.78, 5) is 71.5. The summed E-state index contributed by atoms with van der Waals surface area (Å²) in [5, 5.41) is 17.0. The van der Waals surface area contributed by atoms with Crippen LogP contribution in [0, 0.1) is 0 Å². The van der Waals surface area contributed by atoms with Crippen LogP contribution in [0.5, 0.6) is 0 Å². The molecule has 0 radical (unpaired) electrons. The van der Waals surface area contributed by atoms with Crippen molar-refractivity contribution in [1.29, 1.82) is 0 Å². The predicted octanol–water partition coefficient (Wildman–Crippen LogP) is 20.0. The van der Waals surface area contributed by atoms with Gasteiger partial charge in [0, 0.05) is 156 Å². The number of carbonyl (C=O) groups excluding carboxylic acids is 5. The normalized spacial score (nSPS) is 13.3. The summed E-state index contributed by atoms with van der Waals surface area (Å²) in [6.07, 6.45) is 9.94. The fourth-order valence-corrected chi connectivity index (χ4v) is 15.2. The Morgan fingerprint density at radius 1 is 0.452 bits per heavy atom. The van der Waals surface area contributed by atoms with Crippen LogP contribution in [0.2, 0.25) is 0 Å². The van der Waals surface area contributed by atoms with Gasteiger partial charge in [-0.25, -0.2) is 24.0 Å². The number of allylic oxidation sites excluding steroid dienone is 1. The number of aromatic nitrogens is 4. The zero-order chi connectivity index (χ0) is 82.5. The molecule has 11 aromatic rings. The first-order valence-corrected chi connectivity index (χ1v) is 41.0. The lowest BCUT2D eigenvalue weighted by atomic mass is 9.96. The van der Waals surface area contributed by atoms with E-state index in [1.807, 2.05) is 148 Å². The van der Waals surface area contributed by atoms with Gasteiger partial charge in [-0.1, -0.05) is 74.3 Å². The highest BCUT2D eigenvalue weighted by atomic mass is 79.9. The molecule has 21 nitrogen and oxygen atoms in total. The van der Waals surface area contributed by atoms with Crippen LogP contribution in [0.3, 0.4) is 0 Å².